The van der Waals surface area contributed by atoms with Gasteiger partial charge in [-0.1, -0.05) is 28.9 Å². The number of benzene rings is 1. The highest BCUT2D eigenvalue weighted by atomic mass is 79.9. The molecule has 0 radical (unpaired) electrons. The van der Waals surface area contributed by atoms with Crippen molar-refractivity contribution >= 4 is 15.9 Å². The zero-order valence-corrected chi connectivity index (χ0v) is 9.80. The van der Waals surface area contributed by atoms with Crippen LogP contribution in [0.5, 0.6) is 5.75 Å². The third-order valence-electron chi connectivity index (χ3n) is 2.75. The number of fused-ring (bicyclic) bond motifs is 1. The van der Waals surface area contributed by atoms with Crippen LogP contribution in [0.25, 0.3) is 0 Å². The highest BCUT2D eigenvalue weighted by Gasteiger charge is 2.30. The Kier molecular flexibility index (Phi) is 2.54. The van der Waals surface area contributed by atoms with Crippen molar-refractivity contribution in [3.8, 4) is 5.75 Å². The molecular formula is C11H14BrNO. The molecule has 0 amide bonds. The largest absolute Gasteiger partial charge is 0.493 e. The molecule has 1 unspecified atom stereocenters. The second-order valence-electron chi connectivity index (χ2n) is 4.20. The monoisotopic (exact) mass is 255 g/mol. The van der Waals surface area contributed by atoms with Crippen molar-refractivity contribution in [2.75, 3.05) is 13.2 Å². The number of rotatable bonds is 1. The smallest absolute Gasteiger partial charge is 0.123 e. The molecule has 0 saturated heterocycles. The zero-order valence-electron chi connectivity index (χ0n) is 8.22. The van der Waals surface area contributed by atoms with Crippen LogP contribution in [-0.2, 0) is 6.42 Å². The molecule has 1 aromatic carbocycles. The van der Waals surface area contributed by atoms with Gasteiger partial charge in [0.25, 0.3) is 0 Å². The molecule has 0 aromatic heterocycles. The Bertz CT molecular complexity index is 353. The molecule has 2 nitrogen and oxygen atoms in total. The molecule has 3 heteroatoms. The number of hydrogen-bond donors (Lipinski definition) is 1. The summed E-state index contributed by atoms with van der Waals surface area (Å²) in [4.78, 5) is 0. The van der Waals surface area contributed by atoms with E-state index in [2.05, 4.69) is 22.9 Å². The van der Waals surface area contributed by atoms with Crippen molar-refractivity contribution < 1.29 is 4.74 Å². The molecule has 0 aliphatic carbocycles. The molecule has 76 valence electrons. The van der Waals surface area contributed by atoms with Gasteiger partial charge in [-0.05, 0) is 18.6 Å². The van der Waals surface area contributed by atoms with E-state index in [0.717, 1.165) is 16.6 Å². The summed E-state index contributed by atoms with van der Waals surface area (Å²) in [6.07, 6.45) is 0.986. The zero-order chi connectivity index (χ0) is 10.2. The summed E-state index contributed by atoms with van der Waals surface area (Å²) < 4.78 is 6.82. The Morgan fingerprint density at radius 2 is 2.36 bits per heavy atom. The number of halogens is 1. The average Bonchev–Trinajstić information content (AvgIpc) is 2.20. The van der Waals surface area contributed by atoms with Crippen molar-refractivity contribution in [1.29, 1.82) is 0 Å². The van der Waals surface area contributed by atoms with Crippen LogP contribution in [0.2, 0.25) is 0 Å². The van der Waals surface area contributed by atoms with Gasteiger partial charge < -0.3 is 10.5 Å². The maximum Gasteiger partial charge on any atom is 0.123 e. The maximum absolute atomic E-state index is 5.75. The second-order valence-corrected chi connectivity index (χ2v) is 5.05. The molecule has 2 rings (SSSR count). The minimum atomic E-state index is 0.0802. The third-order valence-corrected chi connectivity index (χ3v) is 3.49. The van der Waals surface area contributed by atoms with Crippen LogP contribution in [0.4, 0.5) is 0 Å². The molecule has 14 heavy (non-hydrogen) atoms. The summed E-state index contributed by atoms with van der Waals surface area (Å²) in [5.41, 5.74) is 7.07. The standard InChI is InChI=1S/C11H14BrNO/c1-11(6-13)5-8-9(12)3-2-4-10(8)14-7-11/h2-4H,5-7,13H2,1H3. The van der Waals surface area contributed by atoms with Gasteiger partial charge in [0, 0.05) is 22.0 Å². The summed E-state index contributed by atoms with van der Waals surface area (Å²) in [5, 5.41) is 0. The minimum Gasteiger partial charge on any atom is -0.493 e. The van der Waals surface area contributed by atoms with E-state index in [1.165, 1.54) is 5.56 Å². The fourth-order valence-electron chi connectivity index (χ4n) is 1.71. The van der Waals surface area contributed by atoms with Crippen molar-refractivity contribution in [1.82, 2.24) is 0 Å². The van der Waals surface area contributed by atoms with Crippen molar-refractivity contribution in [3.63, 3.8) is 0 Å². The SMILES string of the molecule is CC1(CN)COc2cccc(Br)c2C1. The second kappa shape index (κ2) is 3.55. The maximum atomic E-state index is 5.75. The van der Waals surface area contributed by atoms with E-state index in [0.29, 0.717) is 13.2 Å². The summed E-state index contributed by atoms with van der Waals surface area (Å²) >= 11 is 3.54. The molecule has 1 aliphatic heterocycles. The van der Waals surface area contributed by atoms with E-state index >= 15 is 0 Å². The van der Waals surface area contributed by atoms with Gasteiger partial charge in [-0.25, -0.2) is 0 Å². The molecule has 1 aliphatic rings. The fourth-order valence-corrected chi connectivity index (χ4v) is 2.19. The van der Waals surface area contributed by atoms with Crippen LogP contribution in [0.1, 0.15) is 12.5 Å². The fraction of sp³-hybridized carbons (Fsp3) is 0.455. The van der Waals surface area contributed by atoms with Gasteiger partial charge in [0.2, 0.25) is 0 Å². The number of nitrogens with two attached hydrogens (primary N) is 1. The van der Waals surface area contributed by atoms with Gasteiger partial charge in [-0.15, -0.1) is 0 Å². The van der Waals surface area contributed by atoms with E-state index in [1.807, 2.05) is 18.2 Å². The quantitative estimate of drug-likeness (QED) is 0.837. The first kappa shape index (κ1) is 9.99. The molecule has 0 bridgehead atoms. The summed E-state index contributed by atoms with van der Waals surface area (Å²) in [5.74, 6) is 0.991. The Labute approximate surface area is 92.6 Å². The van der Waals surface area contributed by atoms with Crippen LogP contribution in [0.15, 0.2) is 22.7 Å². The lowest BCUT2D eigenvalue weighted by Crippen LogP contribution is -2.38. The van der Waals surface area contributed by atoms with Crippen molar-refractivity contribution in [2.45, 2.75) is 13.3 Å². The van der Waals surface area contributed by atoms with Gasteiger partial charge in [0.05, 0.1) is 6.61 Å². The predicted octanol–water partition coefficient (Wildman–Crippen LogP) is 2.35. The lowest BCUT2D eigenvalue weighted by Gasteiger charge is -2.34. The Balaban J connectivity index is 2.38. The number of ether oxygens (including phenoxy) is 1. The number of hydrogen-bond acceptors (Lipinski definition) is 2. The molecule has 0 spiro atoms. The molecule has 0 saturated carbocycles. The predicted molar refractivity (Wildman–Crippen MR) is 60.5 cm³/mol. The van der Waals surface area contributed by atoms with Crippen LogP contribution in [0, 0.1) is 5.41 Å². The molecule has 1 atom stereocenters. The highest BCUT2D eigenvalue weighted by molar-refractivity contribution is 9.10. The van der Waals surface area contributed by atoms with Gasteiger partial charge in [-0.2, -0.15) is 0 Å². The Hall–Kier alpha value is -0.540. The van der Waals surface area contributed by atoms with E-state index in [9.17, 15) is 0 Å². The van der Waals surface area contributed by atoms with Crippen LogP contribution in [0.3, 0.4) is 0 Å². The van der Waals surface area contributed by atoms with E-state index in [1.54, 1.807) is 0 Å². The van der Waals surface area contributed by atoms with Gasteiger partial charge in [-0.3, -0.25) is 0 Å². The van der Waals surface area contributed by atoms with Gasteiger partial charge in [0.1, 0.15) is 5.75 Å². The van der Waals surface area contributed by atoms with E-state index < -0.39 is 0 Å². The molecule has 2 N–H and O–H groups in total. The summed E-state index contributed by atoms with van der Waals surface area (Å²) in [6.45, 7) is 3.54. The van der Waals surface area contributed by atoms with Crippen LogP contribution >= 0.6 is 15.9 Å². The van der Waals surface area contributed by atoms with E-state index in [-0.39, 0.29) is 5.41 Å². The van der Waals surface area contributed by atoms with Gasteiger partial charge >= 0.3 is 0 Å². The lowest BCUT2D eigenvalue weighted by atomic mass is 9.82. The first-order valence-corrected chi connectivity index (χ1v) is 5.54. The van der Waals surface area contributed by atoms with Crippen LogP contribution in [-0.4, -0.2) is 13.2 Å². The Morgan fingerprint density at radius 3 is 3.07 bits per heavy atom. The van der Waals surface area contributed by atoms with Gasteiger partial charge in [0.15, 0.2) is 0 Å². The average molecular weight is 256 g/mol. The summed E-state index contributed by atoms with van der Waals surface area (Å²) in [7, 11) is 0. The first-order chi connectivity index (χ1) is 6.64. The minimum absolute atomic E-state index is 0.0802. The molecular weight excluding hydrogens is 242 g/mol. The van der Waals surface area contributed by atoms with Crippen molar-refractivity contribution in [2.24, 2.45) is 11.1 Å². The van der Waals surface area contributed by atoms with E-state index in [4.69, 9.17) is 10.5 Å². The Morgan fingerprint density at radius 1 is 1.57 bits per heavy atom. The van der Waals surface area contributed by atoms with Crippen molar-refractivity contribution in [3.05, 3.63) is 28.2 Å². The topological polar surface area (TPSA) is 35.2 Å². The normalized spacial score (nSPS) is 25.4. The molecule has 0 fully saturated rings. The summed E-state index contributed by atoms with van der Waals surface area (Å²) in [6, 6.07) is 6.05. The molecule has 1 heterocycles. The van der Waals surface area contributed by atoms with Crippen LogP contribution < -0.4 is 10.5 Å². The lowest BCUT2D eigenvalue weighted by molar-refractivity contribution is 0.144. The first-order valence-electron chi connectivity index (χ1n) is 4.75. The highest BCUT2D eigenvalue weighted by Crippen LogP contribution is 2.37. The molecule has 1 aromatic rings. The third kappa shape index (κ3) is 1.66.